The van der Waals surface area contributed by atoms with Gasteiger partial charge in [-0.2, -0.15) is 0 Å². The Kier molecular flexibility index (Phi) is 5.97. The number of carbonyl (C=O) groups is 1. The first-order valence-electron chi connectivity index (χ1n) is 8.36. The number of sulfonamides is 1. The molecular formula is C21H23NO4S. The van der Waals surface area contributed by atoms with Gasteiger partial charge >= 0.3 is 5.97 Å². The first kappa shape index (κ1) is 20.5. The maximum atomic E-state index is 12.8. The van der Waals surface area contributed by atoms with Crippen LogP contribution in [0.15, 0.2) is 53.4 Å². The number of terminal acetylenes is 1. The van der Waals surface area contributed by atoms with Crippen molar-refractivity contribution in [2.45, 2.75) is 37.6 Å². The van der Waals surface area contributed by atoms with Crippen LogP contribution in [0.25, 0.3) is 0 Å². The number of ether oxygens (including phenoxy) is 1. The van der Waals surface area contributed by atoms with Gasteiger partial charge in [0.1, 0.15) is 0 Å². The third-order valence-electron chi connectivity index (χ3n) is 4.15. The van der Waals surface area contributed by atoms with Gasteiger partial charge in [0, 0.05) is 6.04 Å². The van der Waals surface area contributed by atoms with Crippen LogP contribution < -0.4 is 0 Å². The fourth-order valence-corrected chi connectivity index (χ4v) is 3.68. The zero-order chi connectivity index (χ0) is 20.2. The molecule has 0 bridgehead atoms. The smallest absolute Gasteiger partial charge is 0.337 e. The molecule has 5 nitrogen and oxygen atoms in total. The Labute approximate surface area is 161 Å². The van der Waals surface area contributed by atoms with Crippen LogP contribution in [-0.4, -0.2) is 25.8 Å². The van der Waals surface area contributed by atoms with Crippen molar-refractivity contribution in [3.63, 3.8) is 0 Å². The molecule has 0 saturated carbocycles. The van der Waals surface area contributed by atoms with E-state index in [1.807, 2.05) is 24.3 Å². The van der Waals surface area contributed by atoms with Crippen molar-refractivity contribution in [1.82, 2.24) is 4.31 Å². The van der Waals surface area contributed by atoms with E-state index in [1.54, 1.807) is 0 Å². The molecular weight excluding hydrogens is 362 g/mol. The standard InChI is InChI=1S/C21H23NO4S/c1-6-22(15-16-7-11-18(12-8-16)21(2,3)4)27(24,25)19-13-9-17(10-14-19)20(23)26-5/h1,7-14H,15H2,2-5H3. The lowest BCUT2D eigenvalue weighted by Crippen LogP contribution is -2.26. The normalized spacial score (nSPS) is 11.5. The summed E-state index contributed by atoms with van der Waals surface area (Å²) in [5.41, 5.74) is 2.22. The predicted octanol–water partition coefficient (Wildman–Crippen LogP) is 3.55. The molecule has 2 aromatic carbocycles. The number of hydrogen-bond acceptors (Lipinski definition) is 4. The molecule has 0 spiro atoms. The SMILES string of the molecule is C#CN(Cc1ccc(C(C)(C)C)cc1)S(=O)(=O)c1ccc(C(=O)OC)cc1. The summed E-state index contributed by atoms with van der Waals surface area (Å²) in [6.45, 7) is 6.39. The fraction of sp³-hybridized carbons (Fsp3) is 0.286. The zero-order valence-electron chi connectivity index (χ0n) is 15.9. The molecule has 0 radical (unpaired) electrons. The number of carbonyl (C=O) groups excluding carboxylic acids is 1. The molecule has 2 aromatic rings. The van der Waals surface area contributed by atoms with Gasteiger partial charge in [0.2, 0.25) is 0 Å². The Balaban J connectivity index is 2.25. The Bertz CT molecular complexity index is 947. The molecule has 6 heteroatoms. The van der Waals surface area contributed by atoms with E-state index >= 15 is 0 Å². The van der Waals surface area contributed by atoms with Crippen LogP contribution in [0, 0.1) is 12.5 Å². The Morgan fingerprint density at radius 3 is 2.07 bits per heavy atom. The minimum atomic E-state index is -3.89. The van der Waals surface area contributed by atoms with Crippen molar-refractivity contribution in [3.05, 3.63) is 65.2 Å². The summed E-state index contributed by atoms with van der Waals surface area (Å²) >= 11 is 0. The fourth-order valence-electron chi connectivity index (χ4n) is 2.48. The lowest BCUT2D eigenvalue weighted by Gasteiger charge is -2.21. The molecule has 0 aliphatic carbocycles. The van der Waals surface area contributed by atoms with Gasteiger partial charge in [-0.3, -0.25) is 0 Å². The molecule has 0 amide bonds. The number of esters is 1. The highest BCUT2D eigenvalue weighted by molar-refractivity contribution is 7.89. The summed E-state index contributed by atoms with van der Waals surface area (Å²) in [5, 5.41) is 0. The minimum absolute atomic E-state index is 0.0117. The number of benzene rings is 2. The van der Waals surface area contributed by atoms with E-state index in [-0.39, 0.29) is 22.4 Å². The molecule has 0 N–H and O–H groups in total. The van der Waals surface area contributed by atoms with Crippen LogP contribution in [0.3, 0.4) is 0 Å². The summed E-state index contributed by atoms with van der Waals surface area (Å²) in [6, 6.07) is 15.4. The van der Waals surface area contributed by atoms with Gasteiger partial charge in [-0.15, -0.1) is 0 Å². The highest BCUT2D eigenvalue weighted by atomic mass is 32.2. The maximum Gasteiger partial charge on any atom is 0.337 e. The monoisotopic (exact) mass is 385 g/mol. The summed E-state index contributed by atoms with van der Waals surface area (Å²) in [4.78, 5) is 11.5. The summed E-state index contributed by atoms with van der Waals surface area (Å²) in [5.74, 6) is -0.535. The molecule has 0 aliphatic heterocycles. The molecule has 0 atom stereocenters. The highest BCUT2D eigenvalue weighted by Gasteiger charge is 2.23. The van der Waals surface area contributed by atoms with E-state index in [1.165, 1.54) is 31.4 Å². The van der Waals surface area contributed by atoms with Crippen molar-refractivity contribution in [2.75, 3.05) is 7.11 Å². The van der Waals surface area contributed by atoms with Crippen molar-refractivity contribution in [3.8, 4) is 12.5 Å². The second kappa shape index (κ2) is 7.85. The maximum absolute atomic E-state index is 12.8. The van der Waals surface area contributed by atoms with Crippen molar-refractivity contribution >= 4 is 16.0 Å². The molecule has 142 valence electrons. The molecule has 2 rings (SSSR count). The van der Waals surface area contributed by atoms with Crippen LogP contribution in [0.5, 0.6) is 0 Å². The molecule has 0 unspecified atom stereocenters. The van der Waals surface area contributed by atoms with Crippen LogP contribution in [-0.2, 0) is 26.7 Å². The predicted molar refractivity (Wildman–Crippen MR) is 104 cm³/mol. The van der Waals surface area contributed by atoms with Gasteiger partial charge in [0.15, 0.2) is 0 Å². The lowest BCUT2D eigenvalue weighted by molar-refractivity contribution is 0.0600. The second-order valence-corrected chi connectivity index (χ2v) is 8.97. The summed E-state index contributed by atoms with van der Waals surface area (Å²) in [7, 11) is -2.63. The van der Waals surface area contributed by atoms with Crippen molar-refractivity contribution < 1.29 is 17.9 Å². The average molecular weight is 385 g/mol. The summed E-state index contributed by atoms with van der Waals surface area (Å²) < 4.78 is 31.2. The van der Waals surface area contributed by atoms with Gasteiger partial charge in [0.25, 0.3) is 10.0 Å². The number of nitrogens with zero attached hydrogens (tertiary/aromatic N) is 1. The van der Waals surface area contributed by atoms with Gasteiger partial charge < -0.3 is 4.74 Å². The zero-order valence-corrected chi connectivity index (χ0v) is 16.7. The highest BCUT2D eigenvalue weighted by Crippen LogP contribution is 2.24. The van der Waals surface area contributed by atoms with Gasteiger partial charge in [-0.25, -0.2) is 17.5 Å². The van der Waals surface area contributed by atoms with E-state index in [9.17, 15) is 13.2 Å². The Morgan fingerprint density at radius 1 is 1.07 bits per heavy atom. The largest absolute Gasteiger partial charge is 0.465 e. The van der Waals surface area contributed by atoms with Crippen LogP contribution in [0.4, 0.5) is 0 Å². The first-order valence-corrected chi connectivity index (χ1v) is 9.80. The number of hydrogen-bond donors (Lipinski definition) is 0. The lowest BCUT2D eigenvalue weighted by atomic mass is 9.87. The third-order valence-corrected chi connectivity index (χ3v) is 5.84. The molecule has 27 heavy (non-hydrogen) atoms. The second-order valence-electron chi connectivity index (χ2n) is 7.10. The van der Waals surface area contributed by atoms with Gasteiger partial charge in [0.05, 0.1) is 24.1 Å². The number of rotatable bonds is 5. The van der Waals surface area contributed by atoms with E-state index in [2.05, 4.69) is 31.6 Å². The molecule has 0 aliphatic rings. The molecule has 0 saturated heterocycles. The first-order chi connectivity index (χ1) is 12.6. The van der Waals surface area contributed by atoms with E-state index in [4.69, 9.17) is 6.42 Å². The Morgan fingerprint density at radius 2 is 1.63 bits per heavy atom. The van der Waals surface area contributed by atoms with E-state index in [0.717, 1.165) is 15.4 Å². The van der Waals surface area contributed by atoms with E-state index in [0.29, 0.717) is 0 Å². The quantitative estimate of drug-likeness (QED) is 0.449. The third kappa shape index (κ3) is 4.69. The molecule has 0 aromatic heterocycles. The topological polar surface area (TPSA) is 63.7 Å². The van der Waals surface area contributed by atoms with Crippen molar-refractivity contribution in [1.29, 1.82) is 0 Å². The van der Waals surface area contributed by atoms with Crippen LogP contribution >= 0.6 is 0 Å². The molecule has 0 fully saturated rings. The minimum Gasteiger partial charge on any atom is -0.465 e. The van der Waals surface area contributed by atoms with Crippen LogP contribution in [0.2, 0.25) is 0 Å². The average Bonchev–Trinajstić information content (AvgIpc) is 2.65. The molecule has 0 heterocycles. The van der Waals surface area contributed by atoms with Gasteiger partial charge in [-0.05, 0) is 40.8 Å². The van der Waals surface area contributed by atoms with Gasteiger partial charge in [-0.1, -0.05) is 51.5 Å². The summed E-state index contributed by atoms with van der Waals surface area (Å²) in [6.07, 6.45) is 5.47. The van der Waals surface area contributed by atoms with E-state index < -0.39 is 16.0 Å². The Hall–Kier alpha value is -2.78. The van der Waals surface area contributed by atoms with Crippen LogP contribution in [0.1, 0.15) is 42.3 Å². The van der Waals surface area contributed by atoms with Crippen molar-refractivity contribution in [2.24, 2.45) is 0 Å². The number of methoxy groups -OCH3 is 1.